The molecular formula is C17H28BrN3. The standard InChI is InChI=1S/C17H28BrN3/c1-13(19)16(14-8-5-6-9-15(14)18)21(4)12-17(20(2)3)10-7-11-17/h5-6,8-9,13,16H,7,10-12,19H2,1-4H3. The zero-order valence-corrected chi connectivity index (χ0v) is 15.2. The Bertz CT molecular complexity index is 469. The van der Waals surface area contributed by atoms with Gasteiger partial charge in [-0.2, -0.15) is 0 Å². The Morgan fingerprint density at radius 2 is 1.86 bits per heavy atom. The van der Waals surface area contributed by atoms with Gasteiger partial charge in [-0.3, -0.25) is 4.90 Å². The summed E-state index contributed by atoms with van der Waals surface area (Å²) >= 11 is 3.68. The van der Waals surface area contributed by atoms with Crippen molar-refractivity contribution in [2.45, 2.75) is 43.8 Å². The lowest BCUT2D eigenvalue weighted by Gasteiger charge is -2.51. The molecule has 1 saturated carbocycles. The van der Waals surface area contributed by atoms with Crippen LogP contribution in [-0.4, -0.2) is 49.1 Å². The second-order valence-corrected chi connectivity index (χ2v) is 7.57. The molecule has 2 rings (SSSR count). The van der Waals surface area contributed by atoms with E-state index in [2.05, 4.69) is 78.1 Å². The molecule has 0 aliphatic heterocycles. The van der Waals surface area contributed by atoms with Crippen LogP contribution in [0.2, 0.25) is 0 Å². The molecule has 1 aliphatic carbocycles. The lowest BCUT2D eigenvalue weighted by Crippen LogP contribution is -2.58. The maximum atomic E-state index is 6.32. The van der Waals surface area contributed by atoms with Crippen LogP contribution in [0, 0.1) is 0 Å². The zero-order valence-electron chi connectivity index (χ0n) is 13.6. The van der Waals surface area contributed by atoms with E-state index in [4.69, 9.17) is 5.73 Å². The minimum Gasteiger partial charge on any atom is -0.326 e. The molecule has 0 bridgehead atoms. The monoisotopic (exact) mass is 353 g/mol. The van der Waals surface area contributed by atoms with Crippen molar-refractivity contribution < 1.29 is 0 Å². The van der Waals surface area contributed by atoms with Gasteiger partial charge in [0.05, 0.1) is 6.04 Å². The SMILES string of the molecule is CC(N)C(c1ccccc1Br)N(C)CC1(N(C)C)CCC1. The smallest absolute Gasteiger partial charge is 0.0505 e. The lowest BCUT2D eigenvalue weighted by molar-refractivity contribution is 0.0130. The van der Waals surface area contributed by atoms with Gasteiger partial charge in [-0.25, -0.2) is 0 Å². The molecule has 118 valence electrons. The average Bonchev–Trinajstić information content (AvgIpc) is 2.35. The number of nitrogens with zero attached hydrogens (tertiary/aromatic N) is 2. The van der Waals surface area contributed by atoms with Crippen LogP contribution in [0.15, 0.2) is 28.7 Å². The van der Waals surface area contributed by atoms with Gasteiger partial charge in [0, 0.05) is 22.6 Å². The fourth-order valence-electron chi connectivity index (χ4n) is 3.53. The summed E-state index contributed by atoms with van der Waals surface area (Å²) in [5, 5.41) is 0. The molecule has 4 heteroatoms. The van der Waals surface area contributed by atoms with Crippen LogP contribution >= 0.6 is 15.9 Å². The highest BCUT2D eigenvalue weighted by atomic mass is 79.9. The van der Waals surface area contributed by atoms with Crippen molar-refractivity contribution in [2.24, 2.45) is 5.73 Å². The van der Waals surface area contributed by atoms with Crippen molar-refractivity contribution in [1.82, 2.24) is 9.80 Å². The van der Waals surface area contributed by atoms with Gasteiger partial charge in [0.25, 0.3) is 0 Å². The molecule has 1 aromatic carbocycles. The van der Waals surface area contributed by atoms with Gasteiger partial charge in [-0.05, 0) is 59.0 Å². The third-order valence-corrected chi connectivity index (χ3v) is 5.70. The van der Waals surface area contributed by atoms with E-state index >= 15 is 0 Å². The van der Waals surface area contributed by atoms with E-state index in [0.717, 1.165) is 11.0 Å². The van der Waals surface area contributed by atoms with Gasteiger partial charge in [0.2, 0.25) is 0 Å². The third kappa shape index (κ3) is 3.50. The first kappa shape index (κ1) is 16.9. The molecule has 0 amide bonds. The van der Waals surface area contributed by atoms with Crippen molar-refractivity contribution in [3.8, 4) is 0 Å². The van der Waals surface area contributed by atoms with Crippen LogP contribution in [0.4, 0.5) is 0 Å². The maximum Gasteiger partial charge on any atom is 0.0505 e. The van der Waals surface area contributed by atoms with Gasteiger partial charge in [-0.15, -0.1) is 0 Å². The minimum absolute atomic E-state index is 0.0907. The molecule has 0 spiro atoms. The number of hydrogen-bond donors (Lipinski definition) is 1. The molecule has 2 atom stereocenters. The molecule has 3 nitrogen and oxygen atoms in total. The van der Waals surface area contributed by atoms with E-state index in [-0.39, 0.29) is 12.1 Å². The Morgan fingerprint density at radius 3 is 2.29 bits per heavy atom. The molecule has 21 heavy (non-hydrogen) atoms. The Balaban J connectivity index is 2.21. The van der Waals surface area contributed by atoms with Crippen LogP contribution < -0.4 is 5.73 Å². The first-order chi connectivity index (χ1) is 9.87. The number of nitrogens with two attached hydrogens (primary N) is 1. The van der Waals surface area contributed by atoms with Crippen LogP contribution in [0.3, 0.4) is 0 Å². The molecule has 0 saturated heterocycles. The fraction of sp³-hybridized carbons (Fsp3) is 0.647. The summed E-state index contributed by atoms with van der Waals surface area (Å²) in [5.74, 6) is 0. The lowest BCUT2D eigenvalue weighted by atomic mass is 9.75. The van der Waals surface area contributed by atoms with Crippen molar-refractivity contribution in [3.05, 3.63) is 34.3 Å². The number of rotatable bonds is 6. The summed E-state index contributed by atoms with van der Waals surface area (Å²) in [4.78, 5) is 4.83. The van der Waals surface area contributed by atoms with Gasteiger partial charge >= 0.3 is 0 Å². The maximum absolute atomic E-state index is 6.32. The zero-order chi connectivity index (χ0) is 15.6. The largest absolute Gasteiger partial charge is 0.326 e. The van der Waals surface area contributed by atoms with Gasteiger partial charge in [0.15, 0.2) is 0 Å². The summed E-state index contributed by atoms with van der Waals surface area (Å²) in [7, 11) is 6.61. The highest BCUT2D eigenvalue weighted by Gasteiger charge is 2.41. The summed E-state index contributed by atoms with van der Waals surface area (Å²) in [6.45, 7) is 3.16. The number of benzene rings is 1. The third-order valence-electron chi connectivity index (χ3n) is 4.97. The van der Waals surface area contributed by atoms with Crippen molar-refractivity contribution in [3.63, 3.8) is 0 Å². The average molecular weight is 354 g/mol. The highest BCUT2D eigenvalue weighted by Crippen LogP contribution is 2.39. The summed E-state index contributed by atoms with van der Waals surface area (Å²) in [6, 6.07) is 8.75. The predicted molar refractivity (Wildman–Crippen MR) is 93.4 cm³/mol. The Morgan fingerprint density at radius 1 is 1.24 bits per heavy atom. The Hall–Kier alpha value is -0.420. The summed E-state index contributed by atoms with van der Waals surface area (Å²) < 4.78 is 1.15. The van der Waals surface area contributed by atoms with Crippen molar-refractivity contribution >= 4 is 15.9 Å². The normalized spacial score (nSPS) is 20.4. The number of likely N-dealkylation sites (N-methyl/N-ethyl adjacent to an activating group) is 2. The summed E-state index contributed by atoms with van der Waals surface area (Å²) in [5.41, 5.74) is 7.92. The van der Waals surface area contributed by atoms with Gasteiger partial charge in [0.1, 0.15) is 0 Å². The van der Waals surface area contributed by atoms with Crippen molar-refractivity contribution in [2.75, 3.05) is 27.7 Å². The minimum atomic E-state index is 0.0907. The van der Waals surface area contributed by atoms with E-state index in [9.17, 15) is 0 Å². The first-order valence-electron chi connectivity index (χ1n) is 7.75. The summed E-state index contributed by atoms with van der Waals surface area (Å²) in [6.07, 6.45) is 3.90. The van der Waals surface area contributed by atoms with E-state index in [1.165, 1.54) is 24.8 Å². The van der Waals surface area contributed by atoms with Crippen LogP contribution in [0.1, 0.15) is 37.8 Å². The van der Waals surface area contributed by atoms with Crippen LogP contribution in [0.25, 0.3) is 0 Å². The van der Waals surface area contributed by atoms with E-state index in [1.54, 1.807) is 0 Å². The quantitative estimate of drug-likeness (QED) is 0.851. The molecular weight excluding hydrogens is 326 g/mol. The highest BCUT2D eigenvalue weighted by molar-refractivity contribution is 9.10. The van der Waals surface area contributed by atoms with Crippen LogP contribution in [0.5, 0.6) is 0 Å². The van der Waals surface area contributed by atoms with E-state index < -0.39 is 0 Å². The molecule has 1 aromatic rings. The number of hydrogen-bond acceptors (Lipinski definition) is 3. The molecule has 0 radical (unpaired) electrons. The first-order valence-corrected chi connectivity index (χ1v) is 8.54. The van der Waals surface area contributed by atoms with Crippen LogP contribution in [-0.2, 0) is 0 Å². The Labute approximate surface area is 137 Å². The number of halogens is 1. The molecule has 1 fully saturated rings. The molecule has 1 aliphatic rings. The van der Waals surface area contributed by atoms with Gasteiger partial charge < -0.3 is 10.6 Å². The second-order valence-electron chi connectivity index (χ2n) is 6.71. The molecule has 0 heterocycles. The topological polar surface area (TPSA) is 32.5 Å². The van der Waals surface area contributed by atoms with E-state index in [0.29, 0.717) is 5.54 Å². The predicted octanol–water partition coefficient (Wildman–Crippen LogP) is 3.25. The fourth-order valence-corrected chi connectivity index (χ4v) is 4.05. The molecule has 2 unspecified atom stereocenters. The molecule has 2 N–H and O–H groups in total. The van der Waals surface area contributed by atoms with Crippen molar-refractivity contribution in [1.29, 1.82) is 0 Å². The van der Waals surface area contributed by atoms with Gasteiger partial charge in [-0.1, -0.05) is 34.1 Å². The van der Waals surface area contributed by atoms with E-state index in [1.807, 2.05) is 0 Å². The Kier molecular flexibility index (Phi) is 5.47. The molecule has 0 aromatic heterocycles. The second kappa shape index (κ2) is 6.78.